The summed E-state index contributed by atoms with van der Waals surface area (Å²) in [4.78, 5) is 1.24. The van der Waals surface area contributed by atoms with Crippen molar-refractivity contribution in [1.82, 2.24) is 5.32 Å². The van der Waals surface area contributed by atoms with E-state index in [1.54, 1.807) is 11.8 Å². The molecule has 0 radical (unpaired) electrons. The standard InChI is InChI=1S/C12H14BrNS/c1-3-11(14-4-2)9-15-12-7-5-6-10(13)8-12/h1,5-8,11,14H,4,9H2,2H3. The lowest BCUT2D eigenvalue weighted by atomic mass is 10.3. The van der Waals surface area contributed by atoms with Crippen LogP contribution in [0.5, 0.6) is 0 Å². The van der Waals surface area contributed by atoms with Crippen molar-refractivity contribution in [3.05, 3.63) is 28.7 Å². The van der Waals surface area contributed by atoms with Gasteiger partial charge in [-0.25, -0.2) is 0 Å². The monoisotopic (exact) mass is 283 g/mol. The Hall–Kier alpha value is -0.430. The molecule has 80 valence electrons. The molecule has 1 aromatic rings. The van der Waals surface area contributed by atoms with E-state index in [4.69, 9.17) is 6.42 Å². The molecule has 1 N–H and O–H groups in total. The Morgan fingerprint density at radius 1 is 1.60 bits per heavy atom. The quantitative estimate of drug-likeness (QED) is 0.658. The first-order valence-corrected chi connectivity index (χ1v) is 6.62. The third-order valence-corrected chi connectivity index (χ3v) is 3.44. The fraction of sp³-hybridized carbons (Fsp3) is 0.333. The van der Waals surface area contributed by atoms with Gasteiger partial charge >= 0.3 is 0 Å². The van der Waals surface area contributed by atoms with Gasteiger partial charge < -0.3 is 5.32 Å². The molecule has 1 atom stereocenters. The Morgan fingerprint density at radius 2 is 2.40 bits per heavy atom. The molecular weight excluding hydrogens is 270 g/mol. The molecule has 0 aliphatic rings. The summed E-state index contributed by atoms with van der Waals surface area (Å²) >= 11 is 5.22. The van der Waals surface area contributed by atoms with Gasteiger partial charge in [-0.1, -0.05) is 34.8 Å². The lowest BCUT2D eigenvalue weighted by Gasteiger charge is -2.10. The van der Waals surface area contributed by atoms with E-state index in [1.165, 1.54) is 4.90 Å². The van der Waals surface area contributed by atoms with Crippen molar-refractivity contribution in [2.45, 2.75) is 17.9 Å². The van der Waals surface area contributed by atoms with E-state index in [0.717, 1.165) is 16.8 Å². The maximum Gasteiger partial charge on any atom is 0.0782 e. The van der Waals surface area contributed by atoms with Crippen LogP contribution in [0.25, 0.3) is 0 Å². The van der Waals surface area contributed by atoms with Crippen molar-refractivity contribution in [2.75, 3.05) is 12.3 Å². The molecule has 1 aromatic carbocycles. The highest BCUT2D eigenvalue weighted by Crippen LogP contribution is 2.22. The highest BCUT2D eigenvalue weighted by Gasteiger charge is 2.03. The lowest BCUT2D eigenvalue weighted by Crippen LogP contribution is -2.29. The van der Waals surface area contributed by atoms with Crippen LogP contribution in [0.1, 0.15) is 6.92 Å². The highest BCUT2D eigenvalue weighted by atomic mass is 79.9. The molecule has 0 saturated carbocycles. The molecule has 0 amide bonds. The van der Waals surface area contributed by atoms with E-state index in [-0.39, 0.29) is 6.04 Å². The van der Waals surface area contributed by atoms with Gasteiger partial charge in [0.2, 0.25) is 0 Å². The fourth-order valence-electron chi connectivity index (χ4n) is 1.15. The SMILES string of the molecule is C#CC(CSc1cccc(Br)c1)NCC. The van der Waals surface area contributed by atoms with Crippen LogP contribution in [-0.4, -0.2) is 18.3 Å². The van der Waals surface area contributed by atoms with E-state index in [0.29, 0.717) is 0 Å². The van der Waals surface area contributed by atoms with Crippen molar-refractivity contribution in [1.29, 1.82) is 0 Å². The molecule has 1 rings (SSSR count). The molecule has 0 bridgehead atoms. The van der Waals surface area contributed by atoms with Crippen LogP contribution in [0.3, 0.4) is 0 Å². The van der Waals surface area contributed by atoms with Crippen LogP contribution in [0.2, 0.25) is 0 Å². The van der Waals surface area contributed by atoms with Crippen LogP contribution < -0.4 is 5.32 Å². The smallest absolute Gasteiger partial charge is 0.0782 e. The first kappa shape index (κ1) is 12.6. The Morgan fingerprint density at radius 3 is 3.00 bits per heavy atom. The summed E-state index contributed by atoms with van der Waals surface area (Å²) in [6.45, 7) is 2.97. The van der Waals surface area contributed by atoms with Crippen molar-refractivity contribution in [2.24, 2.45) is 0 Å². The van der Waals surface area contributed by atoms with E-state index in [1.807, 2.05) is 12.1 Å². The van der Waals surface area contributed by atoms with E-state index >= 15 is 0 Å². The molecule has 0 saturated heterocycles. The third-order valence-electron chi connectivity index (χ3n) is 1.86. The second-order valence-corrected chi connectivity index (χ2v) is 5.05. The van der Waals surface area contributed by atoms with Gasteiger partial charge in [0, 0.05) is 15.1 Å². The molecule has 0 fully saturated rings. The summed E-state index contributed by atoms with van der Waals surface area (Å²) in [6, 6.07) is 8.40. The molecule has 0 aromatic heterocycles. The molecule has 0 aliphatic carbocycles. The molecule has 3 heteroatoms. The molecule has 1 nitrogen and oxygen atoms in total. The van der Waals surface area contributed by atoms with Gasteiger partial charge in [-0.3, -0.25) is 0 Å². The molecule has 0 spiro atoms. The average molecular weight is 284 g/mol. The van der Waals surface area contributed by atoms with Crippen molar-refractivity contribution >= 4 is 27.7 Å². The number of terminal acetylenes is 1. The largest absolute Gasteiger partial charge is 0.303 e. The molecule has 0 heterocycles. The minimum atomic E-state index is 0.152. The highest BCUT2D eigenvalue weighted by molar-refractivity contribution is 9.10. The summed E-state index contributed by atoms with van der Waals surface area (Å²) in [5.41, 5.74) is 0. The van der Waals surface area contributed by atoms with Crippen LogP contribution in [0.15, 0.2) is 33.6 Å². The van der Waals surface area contributed by atoms with Gasteiger partial charge in [-0.05, 0) is 24.7 Å². The van der Waals surface area contributed by atoms with Gasteiger partial charge in [-0.2, -0.15) is 0 Å². The molecular formula is C12H14BrNS. The second-order valence-electron chi connectivity index (χ2n) is 3.05. The Balaban J connectivity index is 2.46. The Bertz CT molecular complexity index is 346. The number of benzene rings is 1. The zero-order valence-electron chi connectivity index (χ0n) is 8.66. The minimum absolute atomic E-state index is 0.152. The number of rotatable bonds is 5. The van der Waals surface area contributed by atoms with Crippen LogP contribution >= 0.6 is 27.7 Å². The zero-order valence-corrected chi connectivity index (χ0v) is 11.1. The van der Waals surface area contributed by atoms with Gasteiger partial charge in [0.05, 0.1) is 6.04 Å². The lowest BCUT2D eigenvalue weighted by molar-refractivity contribution is 0.684. The third kappa shape index (κ3) is 4.74. The molecule has 0 aliphatic heterocycles. The fourth-order valence-corrected chi connectivity index (χ4v) is 2.66. The number of halogens is 1. The predicted molar refractivity (Wildman–Crippen MR) is 71.2 cm³/mol. The van der Waals surface area contributed by atoms with Crippen LogP contribution in [0, 0.1) is 12.3 Å². The maximum absolute atomic E-state index is 5.42. The normalized spacial score (nSPS) is 12.1. The van der Waals surface area contributed by atoms with E-state index in [9.17, 15) is 0 Å². The Kier molecular flexibility index (Phi) is 5.85. The van der Waals surface area contributed by atoms with Crippen molar-refractivity contribution in [3.8, 4) is 12.3 Å². The van der Waals surface area contributed by atoms with E-state index < -0.39 is 0 Å². The van der Waals surface area contributed by atoms with Crippen LogP contribution in [-0.2, 0) is 0 Å². The zero-order chi connectivity index (χ0) is 11.1. The first-order valence-electron chi connectivity index (χ1n) is 4.84. The number of thioether (sulfide) groups is 1. The van der Waals surface area contributed by atoms with Crippen molar-refractivity contribution < 1.29 is 0 Å². The maximum atomic E-state index is 5.42. The minimum Gasteiger partial charge on any atom is -0.303 e. The first-order chi connectivity index (χ1) is 7.26. The van der Waals surface area contributed by atoms with Gasteiger partial charge in [0.25, 0.3) is 0 Å². The molecule has 1 unspecified atom stereocenters. The van der Waals surface area contributed by atoms with Gasteiger partial charge in [0.15, 0.2) is 0 Å². The summed E-state index contributed by atoms with van der Waals surface area (Å²) in [6.07, 6.45) is 5.42. The predicted octanol–water partition coefficient (Wildman–Crippen LogP) is 3.15. The summed E-state index contributed by atoms with van der Waals surface area (Å²) in [5.74, 6) is 3.65. The topological polar surface area (TPSA) is 12.0 Å². The number of hydrogen-bond donors (Lipinski definition) is 1. The van der Waals surface area contributed by atoms with Gasteiger partial charge in [0.1, 0.15) is 0 Å². The second kappa shape index (κ2) is 6.95. The Labute approximate surface area is 104 Å². The summed E-state index contributed by atoms with van der Waals surface area (Å²) < 4.78 is 1.10. The van der Waals surface area contributed by atoms with Crippen molar-refractivity contribution in [3.63, 3.8) is 0 Å². The number of hydrogen-bond acceptors (Lipinski definition) is 2. The summed E-state index contributed by atoms with van der Waals surface area (Å²) in [5, 5.41) is 3.25. The average Bonchev–Trinajstić information content (AvgIpc) is 2.24. The molecule has 15 heavy (non-hydrogen) atoms. The van der Waals surface area contributed by atoms with Crippen LogP contribution in [0.4, 0.5) is 0 Å². The van der Waals surface area contributed by atoms with E-state index in [2.05, 4.69) is 46.2 Å². The number of nitrogens with one attached hydrogen (secondary N) is 1. The summed E-state index contributed by atoms with van der Waals surface area (Å²) in [7, 11) is 0. The van der Waals surface area contributed by atoms with Gasteiger partial charge in [-0.15, -0.1) is 18.2 Å².